The highest BCUT2D eigenvalue weighted by atomic mass is 32.1. The summed E-state index contributed by atoms with van der Waals surface area (Å²) in [5, 5.41) is 12.6. The number of phenols is 1. The Hall–Kier alpha value is -2.73. The summed E-state index contributed by atoms with van der Waals surface area (Å²) in [5.74, 6) is 2.00. The van der Waals surface area contributed by atoms with Gasteiger partial charge in [0.2, 0.25) is 5.88 Å². The molecule has 0 spiro atoms. The zero-order valence-electron chi connectivity index (χ0n) is 14.2. The van der Waals surface area contributed by atoms with Crippen LogP contribution in [0.2, 0.25) is 0 Å². The Kier molecular flexibility index (Phi) is 7.10. The number of rotatable bonds is 5. The van der Waals surface area contributed by atoms with Crippen molar-refractivity contribution in [1.29, 1.82) is 0 Å². The lowest BCUT2D eigenvalue weighted by Gasteiger charge is -2.10. The molecule has 3 rings (SSSR count). The van der Waals surface area contributed by atoms with E-state index >= 15 is 0 Å². The summed E-state index contributed by atoms with van der Waals surface area (Å²) in [7, 11) is 0. The molecule has 0 atom stereocenters. The molecule has 0 aliphatic heterocycles. The molecule has 0 aliphatic rings. The first-order valence-electron chi connectivity index (χ1n) is 8.00. The predicted molar refractivity (Wildman–Crippen MR) is 103 cm³/mol. The number of phenolic OH excluding ortho intramolecular Hbond substituents is 1. The molecule has 5 nitrogen and oxygen atoms in total. The van der Waals surface area contributed by atoms with E-state index in [1.165, 1.54) is 0 Å². The standard InChI is InChI=1S/C17H15N3O2S.C2H6/c21-13-7-6-12(15(23)9-13)10-19-16-4-1-5-17(20-16)22-14-3-2-8-18-11-14;1-2/h1-9,11,21,23H,10H2,(H,19,20);1-2H3. The Morgan fingerprint density at radius 3 is 2.68 bits per heavy atom. The van der Waals surface area contributed by atoms with E-state index in [-0.39, 0.29) is 5.75 Å². The normalized spacial score (nSPS) is 9.72. The van der Waals surface area contributed by atoms with Gasteiger partial charge in [-0.3, -0.25) is 4.98 Å². The van der Waals surface area contributed by atoms with E-state index in [0.29, 0.717) is 24.0 Å². The number of anilines is 1. The number of nitrogens with zero attached hydrogens (tertiary/aromatic N) is 2. The minimum Gasteiger partial charge on any atom is -0.508 e. The van der Waals surface area contributed by atoms with Crippen LogP contribution in [-0.4, -0.2) is 15.1 Å². The number of nitrogens with one attached hydrogen (secondary N) is 1. The first kappa shape index (κ1) is 18.6. The van der Waals surface area contributed by atoms with Gasteiger partial charge in [0.25, 0.3) is 0 Å². The number of aromatic hydroxyl groups is 1. The fourth-order valence-corrected chi connectivity index (χ4v) is 2.27. The molecule has 130 valence electrons. The predicted octanol–water partition coefficient (Wildman–Crippen LogP) is 4.90. The quantitative estimate of drug-likeness (QED) is 0.568. The lowest BCUT2D eigenvalue weighted by Crippen LogP contribution is -2.02. The van der Waals surface area contributed by atoms with Gasteiger partial charge in [0.15, 0.2) is 0 Å². The van der Waals surface area contributed by atoms with E-state index in [2.05, 4.69) is 27.9 Å². The molecule has 0 aliphatic carbocycles. The summed E-state index contributed by atoms with van der Waals surface area (Å²) >= 11 is 4.35. The van der Waals surface area contributed by atoms with Gasteiger partial charge in [-0.25, -0.2) is 0 Å². The summed E-state index contributed by atoms with van der Waals surface area (Å²) in [6.45, 7) is 4.54. The van der Waals surface area contributed by atoms with Crippen LogP contribution >= 0.6 is 12.6 Å². The van der Waals surface area contributed by atoms with Crippen molar-refractivity contribution in [3.8, 4) is 17.4 Å². The number of aromatic nitrogens is 2. The van der Waals surface area contributed by atoms with Crippen LogP contribution in [-0.2, 0) is 6.54 Å². The lowest BCUT2D eigenvalue weighted by atomic mass is 10.2. The van der Waals surface area contributed by atoms with Crippen LogP contribution < -0.4 is 10.1 Å². The lowest BCUT2D eigenvalue weighted by molar-refractivity contribution is 0.461. The SMILES string of the molecule is CC.Oc1ccc(CNc2cccc(Oc3cccnc3)n2)c(S)c1. The van der Waals surface area contributed by atoms with Crippen molar-refractivity contribution in [3.05, 3.63) is 66.5 Å². The minimum absolute atomic E-state index is 0.198. The summed E-state index contributed by atoms with van der Waals surface area (Å²) in [6.07, 6.45) is 3.32. The number of thiol groups is 1. The van der Waals surface area contributed by atoms with Gasteiger partial charge in [0.1, 0.15) is 17.3 Å². The molecule has 0 bridgehead atoms. The van der Waals surface area contributed by atoms with Crippen molar-refractivity contribution in [2.45, 2.75) is 25.3 Å². The smallest absolute Gasteiger partial charge is 0.221 e. The number of benzene rings is 1. The molecule has 25 heavy (non-hydrogen) atoms. The summed E-state index contributed by atoms with van der Waals surface area (Å²) in [4.78, 5) is 9.12. The van der Waals surface area contributed by atoms with Crippen molar-refractivity contribution >= 4 is 18.4 Å². The fraction of sp³-hybridized carbons (Fsp3) is 0.158. The second-order valence-corrected chi connectivity index (χ2v) is 5.30. The second-order valence-electron chi connectivity index (χ2n) is 4.82. The average molecular weight is 355 g/mol. The number of hydrogen-bond acceptors (Lipinski definition) is 6. The maximum absolute atomic E-state index is 9.40. The highest BCUT2D eigenvalue weighted by Crippen LogP contribution is 2.22. The third-order valence-electron chi connectivity index (χ3n) is 3.11. The molecule has 2 N–H and O–H groups in total. The molecule has 0 radical (unpaired) electrons. The Morgan fingerprint density at radius 2 is 1.96 bits per heavy atom. The summed E-state index contributed by atoms with van der Waals surface area (Å²) in [5.41, 5.74) is 0.964. The monoisotopic (exact) mass is 355 g/mol. The summed E-state index contributed by atoms with van der Waals surface area (Å²) < 4.78 is 5.65. The molecule has 3 aromatic rings. The maximum Gasteiger partial charge on any atom is 0.221 e. The van der Waals surface area contributed by atoms with Crippen molar-refractivity contribution in [2.24, 2.45) is 0 Å². The third kappa shape index (κ3) is 5.69. The molecule has 6 heteroatoms. The molecule has 0 saturated carbocycles. The van der Waals surface area contributed by atoms with E-state index in [1.54, 1.807) is 36.7 Å². The van der Waals surface area contributed by atoms with Gasteiger partial charge >= 0.3 is 0 Å². The first-order valence-corrected chi connectivity index (χ1v) is 8.45. The van der Waals surface area contributed by atoms with Crippen LogP contribution in [0.3, 0.4) is 0 Å². The molecule has 0 fully saturated rings. The molecule has 2 aromatic heterocycles. The molecule has 1 aromatic carbocycles. The van der Waals surface area contributed by atoms with Crippen molar-refractivity contribution in [2.75, 3.05) is 5.32 Å². The Balaban J connectivity index is 0.00000109. The Bertz CT molecular complexity index is 798. The van der Waals surface area contributed by atoms with E-state index in [9.17, 15) is 5.11 Å². The molecule has 0 amide bonds. The molecule has 0 saturated heterocycles. The van der Waals surface area contributed by atoms with Crippen LogP contribution in [0, 0.1) is 0 Å². The van der Waals surface area contributed by atoms with Gasteiger partial charge in [0.05, 0.1) is 6.20 Å². The van der Waals surface area contributed by atoms with Gasteiger partial charge in [-0.2, -0.15) is 4.98 Å². The van der Waals surface area contributed by atoms with Gasteiger partial charge in [-0.1, -0.05) is 26.0 Å². The first-order chi connectivity index (χ1) is 12.2. The fourth-order valence-electron chi connectivity index (χ4n) is 1.99. The highest BCUT2D eigenvalue weighted by molar-refractivity contribution is 7.80. The van der Waals surface area contributed by atoms with E-state index < -0.39 is 0 Å². The topological polar surface area (TPSA) is 67.3 Å². The molecule has 2 heterocycles. The zero-order valence-corrected chi connectivity index (χ0v) is 15.1. The van der Waals surface area contributed by atoms with Gasteiger partial charge in [-0.15, -0.1) is 12.6 Å². The van der Waals surface area contributed by atoms with E-state index in [4.69, 9.17) is 4.74 Å². The maximum atomic E-state index is 9.40. The van der Waals surface area contributed by atoms with Crippen LogP contribution in [0.25, 0.3) is 0 Å². The van der Waals surface area contributed by atoms with Crippen LogP contribution in [0.5, 0.6) is 17.4 Å². The molecule has 0 unspecified atom stereocenters. The largest absolute Gasteiger partial charge is 0.508 e. The van der Waals surface area contributed by atoms with Crippen LogP contribution in [0.1, 0.15) is 19.4 Å². The highest BCUT2D eigenvalue weighted by Gasteiger charge is 2.03. The second kappa shape index (κ2) is 9.54. The Morgan fingerprint density at radius 1 is 1.12 bits per heavy atom. The van der Waals surface area contributed by atoms with Gasteiger partial charge in [0, 0.05) is 23.7 Å². The van der Waals surface area contributed by atoms with Crippen molar-refractivity contribution in [1.82, 2.24) is 9.97 Å². The summed E-state index contributed by atoms with van der Waals surface area (Å²) in [6, 6.07) is 14.2. The van der Waals surface area contributed by atoms with Crippen molar-refractivity contribution < 1.29 is 9.84 Å². The minimum atomic E-state index is 0.198. The van der Waals surface area contributed by atoms with Crippen LogP contribution in [0.15, 0.2) is 65.8 Å². The average Bonchev–Trinajstić information content (AvgIpc) is 2.64. The molecular weight excluding hydrogens is 334 g/mol. The Labute approximate surface area is 153 Å². The van der Waals surface area contributed by atoms with Crippen LogP contribution in [0.4, 0.5) is 5.82 Å². The van der Waals surface area contributed by atoms with Gasteiger partial charge < -0.3 is 15.2 Å². The van der Waals surface area contributed by atoms with E-state index in [1.807, 2.05) is 38.1 Å². The molecular formula is C19H21N3O2S. The van der Waals surface area contributed by atoms with Crippen molar-refractivity contribution in [3.63, 3.8) is 0 Å². The van der Waals surface area contributed by atoms with Gasteiger partial charge in [-0.05, 0) is 35.9 Å². The number of hydrogen-bond donors (Lipinski definition) is 3. The zero-order chi connectivity index (χ0) is 18.1. The van der Waals surface area contributed by atoms with E-state index in [0.717, 1.165) is 10.5 Å². The number of ether oxygens (including phenoxy) is 1. The third-order valence-corrected chi connectivity index (χ3v) is 3.53. The number of pyridine rings is 2.